The average Bonchev–Trinajstić information content (AvgIpc) is 2.85. The van der Waals surface area contributed by atoms with Crippen LogP contribution in [0, 0.1) is 0 Å². The molecule has 2 aromatic carbocycles. The van der Waals surface area contributed by atoms with Crippen molar-refractivity contribution in [3.8, 4) is 0 Å². The smallest absolute Gasteiger partial charge is 0.264 e. The highest BCUT2D eigenvalue weighted by atomic mass is 32.2. The Morgan fingerprint density at radius 2 is 1.86 bits per heavy atom. The van der Waals surface area contributed by atoms with E-state index in [1.54, 1.807) is 40.6 Å². The number of anilines is 2. The lowest BCUT2D eigenvalue weighted by molar-refractivity contribution is -0.116. The first kappa shape index (κ1) is 19.7. The quantitative estimate of drug-likeness (QED) is 0.708. The van der Waals surface area contributed by atoms with Crippen LogP contribution in [0.4, 0.5) is 11.4 Å². The summed E-state index contributed by atoms with van der Waals surface area (Å²) < 4.78 is 28.7. The monoisotopic (exact) mass is 434 g/mol. The molecule has 0 spiro atoms. The fourth-order valence-corrected chi connectivity index (χ4v) is 7.18. The molecule has 2 aromatic rings. The second-order valence-corrected chi connectivity index (χ2v) is 11.4. The van der Waals surface area contributed by atoms with Crippen molar-refractivity contribution in [2.24, 2.45) is 0 Å². The minimum absolute atomic E-state index is 0.0681. The van der Waals surface area contributed by atoms with Crippen LogP contribution in [0.15, 0.2) is 57.2 Å². The van der Waals surface area contributed by atoms with Crippen LogP contribution in [0.25, 0.3) is 0 Å². The molecule has 148 valence electrons. The van der Waals surface area contributed by atoms with Crippen molar-refractivity contribution in [1.29, 1.82) is 0 Å². The summed E-state index contributed by atoms with van der Waals surface area (Å²) in [6.45, 7) is 4.68. The van der Waals surface area contributed by atoms with E-state index in [0.29, 0.717) is 24.0 Å². The maximum Gasteiger partial charge on any atom is 0.264 e. The standard InChI is InChI=1S/C20H22N2O3S3/c1-14-9-10-22(17-5-3-4-6-20(17)27-14)28(24,25)16-7-8-19-18(13-16)21(15(2)23)11-12-26-19/h3-8,13-14H,9-12H2,1-2H3. The summed E-state index contributed by atoms with van der Waals surface area (Å²) in [6, 6.07) is 12.8. The molecule has 1 atom stereocenters. The summed E-state index contributed by atoms with van der Waals surface area (Å²) in [6.07, 6.45) is 0.777. The molecule has 8 heteroatoms. The Bertz CT molecular complexity index is 1020. The molecule has 2 heterocycles. The van der Waals surface area contributed by atoms with E-state index in [9.17, 15) is 13.2 Å². The Balaban J connectivity index is 1.79. The average molecular weight is 435 g/mol. The molecule has 4 rings (SSSR count). The molecule has 0 N–H and O–H groups in total. The zero-order chi connectivity index (χ0) is 19.9. The molecule has 2 aliphatic rings. The topological polar surface area (TPSA) is 57.7 Å². The van der Waals surface area contributed by atoms with Crippen LogP contribution in [0.1, 0.15) is 20.3 Å². The highest BCUT2D eigenvalue weighted by molar-refractivity contribution is 8.00. The molecule has 0 fully saturated rings. The third-order valence-corrected chi connectivity index (χ3v) is 9.05. The largest absolute Gasteiger partial charge is 0.311 e. The molecule has 28 heavy (non-hydrogen) atoms. The predicted octanol–water partition coefficient (Wildman–Crippen LogP) is 4.22. The Morgan fingerprint density at radius 1 is 1.07 bits per heavy atom. The van der Waals surface area contributed by atoms with Crippen LogP contribution in [0.2, 0.25) is 0 Å². The molecule has 0 aromatic heterocycles. The number of para-hydroxylation sites is 1. The van der Waals surface area contributed by atoms with E-state index in [1.807, 2.05) is 30.3 Å². The second kappa shape index (κ2) is 7.65. The van der Waals surface area contributed by atoms with E-state index in [2.05, 4.69) is 6.92 Å². The Morgan fingerprint density at radius 3 is 2.64 bits per heavy atom. The summed E-state index contributed by atoms with van der Waals surface area (Å²) in [5.41, 5.74) is 1.42. The van der Waals surface area contributed by atoms with Crippen molar-refractivity contribution in [2.75, 3.05) is 28.0 Å². The maximum absolute atomic E-state index is 13.6. The lowest BCUT2D eigenvalue weighted by atomic mass is 10.2. The normalized spacial score (nSPS) is 19.6. The Labute approximate surface area is 174 Å². The van der Waals surface area contributed by atoms with Crippen LogP contribution in [0.5, 0.6) is 0 Å². The number of hydrogen-bond donors (Lipinski definition) is 0. The van der Waals surface area contributed by atoms with E-state index < -0.39 is 10.0 Å². The molecule has 0 radical (unpaired) electrons. The van der Waals surface area contributed by atoms with E-state index in [4.69, 9.17) is 0 Å². The van der Waals surface area contributed by atoms with Gasteiger partial charge in [0.05, 0.1) is 16.3 Å². The SMILES string of the molecule is CC(=O)N1CCSc2ccc(S(=O)(=O)N3CCC(C)Sc4ccccc43)cc21. The number of hydrogen-bond acceptors (Lipinski definition) is 5. The van der Waals surface area contributed by atoms with Crippen molar-refractivity contribution in [3.05, 3.63) is 42.5 Å². The highest BCUT2D eigenvalue weighted by Crippen LogP contribution is 2.41. The summed E-state index contributed by atoms with van der Waals surface area (Å²) >= 11 is 3.36. The molecular weight excluding hydrogens is 412 g/mol. The van der Waals surface area contributed by atoms with E-state index in [-0.39, 0.29) is 10.8 Å². The van der Waals surface area contributed by atoms with Gasteiger partial charge in [-0.05, 0) is 36.8 Å². The summed E-state index contributed by atoms with van der Waals surface area (Å²) in [5, 5.41) is 0.342. The van der Waals surface area contributed by atoms with Crippen molar-refractivity contribution in [1.82, 2.24) is 0 Å². The van der Waals surface area contributed by atoms with E-state index in [0.717, 1.165) is 27.7 Å². The number of nitrogens with zero attached hydrogens (tertiary/aromatic N) is 2. The van der Waals surface area contributed by atoms with Gasteiger partial charge in [0.25, 0.3) is 10.0 Å². The summed E-state index contributed by atoms with van der Waals surface area (Å²) in [7, 11) is -3.73. The second-order valence-electron chi connectivity index (χ2n) is 6.91. The number of carbonyl (C=O) groups is 1. The lowest BCUT2D eigenvalue weighted by Gasteiger charge is -2.29. The number of sulfonamides is 1. The van der Waals surface area contributed by atoms with Gasteiger partial charge in [0.2, 0.25) is 5.91 Å². The fraction of sp³-hybridized carbons (Fsp3) is 0.350. The molecule has 0 saturated carbocycles. The van der Waals surface area contributed by atoms with Gasteiger partial charge in [0, 0.05) is 40.8 Å². The Hall–Kier alpha value is -1.64. The third-order valence-electron chi connectivity index (χ3n) is 4.96. The van der Waals surface area contributed by atoms with Gasteiger partial charge < -0.3 is 4.90 Å². The number of rotatable bonds is 2. The number of amides is 1. The first-order valence-corrected chi connectivity index (χ1v) is 12.5. The first-order valence-electron chi connectivity index (χ1n) is 9.21. The molecule has 2 aliphatic heterocycles. The van der Waals surface area contributed by atoms with Gasteiger partial charge in [-0.15, -0.1) is 23.5 Å². The molecule has 1 amide bonds. The van der Waals surface area contributed by atoms with Gasteiger partial charge in [-0.2, -0.15) is 0 Å². The number of thioether (sulfide) groups is 2. The predicted molar refractivity (Wildman–Crippen MR) is 116 cm³/mol. The Kier molecular flexibility index (Phi) is 5.37. The molecule has 1 unspecified atom stereocenters. The number of carbonyl (C=O) groups excluding carboxylic acids is 1. The van der Waals surface area contributed by atoms with Crippen molar-refractivity contribution in [3.63, 3.8) is 0 Å². The van der Waals surface area contributed by atoms with Crippen LogP contribution in [-0.2, 0) is 14.8 Å². The van der Waals surface area contributed by atoms with Crippen LogP contribution in [0.3, 0.4) is 0 Å². The van der Waals surface area contributed by atoms with Gasteiger partial charge in [-0.3, -0.25) is 9.10 Å². The van der Waals surface area contributed by atoms with Crippen molar-refractivity contribution >= 4 is 50.8 Å². The molecule has 0 bridgehead atoms. The van der Waals surface area contributed by atoms with Gasteiger partial charge in [0.15, 0.2) is 0 Å². The summed E-state index contributed by atoms with van der Waals surface area (Å²) in [5.74, 6) is 0.745. The molecule has 5 nitrogen and oxygen atoms in total. The zero-order valence-corrected chi connectivity index (χ0v) is 18.2. The maximum atomic E-state index is 13.6. The minimum atomic E-state index is -3.73. The van der Waals surface area contributed by atoms with Gasteiger partial charge >= 0.3 is 0 Å². The van der Waals surface area contributed by atoms with Crippen LogP contribution >= 0.6 is 23.5 Å². The first-order chi connectivity index (χ1) is 13.4. The molecule has 0 saturated heterocycles. The third kappa shape index (κ3) is 3.53. The minimum Gasteiger partial charge on any atom is -0.311 e. The van der Waals surface area contributed by atoms with Gasteiger partial charge in [-0.25, -0.2) is 8.42 Å². The fourth-order valence-electron chi connectivity index (χ4n) is 3.52. The number of fused-ring (bicyclic) bond motifs is 2. The highest BCUT2D eigenvalue weighted by Gasteiger charge is 2.31. The molecular formula is C20H22N2O3S3. The lowest BCUT2D eigenvalue weighted by Crippen LogP contribution is -2.35. The van der Waals surface area contributed by atoms with Crippen molar-refractivity contribution < 1.29 is 13.2 Å². The van der Waals surface area contributed by atoms with E-state index >= 15 is 0 Å². The van der Waals surface area contributed by atoms with Crippen LogP contribution < -0.4 is 9.21 Å². The van der Waals surface area contributed by atoms with Gasteiger partial charge in [-0.1, -0.05) is 19.1 Å². The van der Waals surface area contributed by atoms with Crippen LogP contribution in [-0.4, -0.2) is 38.4 Å². The van der Waals surface area contributed by atoms with E-state index in [1.165, 1.54) is 11.2 Å². The number of benzene rings is 2. The molecule has 0 aliphatic carbocycles. The van der Waals surface area contributed by atoms with Crippen molar-refractivity contribution in [2.45, 2.75) is 40.2 Å². The summed E-state index contributed by atoms with van der Waals surface area (Å²) in [4.78, 5) is 15.8. The zero-order valence-electron chi connectivity index (χ0n) is 15.8. The van der Waals surface area contributed by atoms with Gasteiger partial charge in [0.1, 0.15) is 0 Å².